The van der Waals surface area contributed by atoms with Crippen LogP contribution in [0.2, 0.25) is 0 Å². The van der Waals surface area contributed by atoms with E-state index in [4.69, 9.17) is 0 Å². The third-order valence-corrected chi connectivity index (χ3v) is 6.18. The maximum absolute atomic E-state index is 13.9. The molecule has 3 rings (SSSR count). The third-order valence-electron chi connectivity index (χ3n) is 4.64. The summed E-state index contributed by atoms with van der Waals surface area (Å²) >= 11 is 0. The fourth-order valence-electron chi connectivity index (χ4n) is 3.00. The Kier molecular flexibility index (Phi) is 7.40. The molecule has 9 heteroatoms. The molecule has 0 atom stereocenters. The van der Waals surface area contributed by atoms with Crippen LogP contribution in [0.3, 0.4) is 0 Å². The molecule has 0 bridgehead atoms. The van der Waals surface area contributed by atoms with E-state index >= 15 is 0 Å². The van der Waals surface area contributed by atoms with Gasteiger partial charge in [-0.15, -0.1) is 12.4 Å². The highest BCUT2D eigenvalue weighted by molar-refractivity contribution is 7.89. The molecule has 0 radical (unpaired) electrons. The molecule has 1 heterocycles. The molecule has 1 aromatic carbocycles. The van der Waals surface area contributed by atoms with E-state index < -0.39 is 20.7 Å². The third kappa shape index (κ3) is 5.90. The molecular weight excluding hydrogens is 381 g/mol. The van der Waals surface area contributed by atoms with Gasteiger partial charge in [-0.05, 0) is 69.3 Å². The summed E-state index contributed by atoms with van der Waals surface area (Å²) in [6.07, 6.45) is 4.87. The zero-order chi connectivity index (χ0) is 17.9. The van der Waals surface area contributed by atoms with Crippen molar-refractivity contribution in [2.75, 3.05) is 18.4 Å². The van der Waals surface area contributed by atoms with Gasteiger partial charge in [-0.2, -0.15) is 0 Å². The van der Waals surface area contributed by atoms with Crippen LogP contribution in [0.25, 0.3) is 0 Å². The van der Waals surface area contributed by atoms with Crippen molar-refractivity contribution in [3.05, 3.63) is 24.0 Å². The number of anilines is 1. The van der Waals surface area contributed by atoms with Gasteiger partial charge in [0.15, 0.2) is 0 Å². The summed E-state index contributed by atoms with van der Waals surface area (Å²) in [5.74, 6) is -0.455. The lowest BCUT2D eigenvalue weighted by Crippen LogP contribution is -2.28. The maximum Gasteiger partial charge on any atom is 0.243 e. The predicted molar refractivity (Wildman–Crippen MR) is 100 cm³/mol. The number of nitrogens with one attached hydrogen (secondary N) is 3. The Balaban J connectivity index is 0.00000243. The average molecular weight is 406 g/mol. The van der Waals surface area contributed by atoms with E-state index in [1.165, 1.54) is 12.1 Å². The molecule has 2 fully saturated rings. The summed E-state index contributed by atoms with van der Waals surface area (Å²) in [4.78, 5) is 11.7. The summed E-state index contributed by atoms with van der Waals surface area (Å²) in [6, 6.07) is 3.54. The molecule has 6 nitrogen and oxygen atoms in total. The van der Waals surface area contributed by atoms with Crippen LogP contribution in [0.15, 0.2) is 23.1 Å². The number of amides is 1. The van der Waals surface area contributed by atoms with Crippen molar-refractivity contribution in [2.45, 2.75) is 49.5 Å². The number of sulfonamides is 1. The van der Waals surface area contributed by atoms with Crippen molar-refractivity contribution >= 4 is 34.0 Å². The first-order valence-corrected chi connectivity index (χ1v) is 10.2. The zero-order valence-electron chi connectivity index (χ0n) is 14.5. The number of hydrogen-bond donors (Lipinski definition) is 3. The van der Waals surface area contributed by atoms with Gasteiger partial charge in [0.25, 0.3) is 0 Å². The van der Waals surface area contributed by atoms with Gasteiger partial charge in [-0.1, -0.05) is 0 Å². The second-order valence-electron chi connectivity index (χ2n) is 6.82. The van der Waals surface area contributed by atoms with Gasteiger partial charge in [0, 0.05) is 18.2 Å². The largest absolute Gasteiger partial charge is 0.326 e. The number of rotatable bonds is 7. The highest BCUT2D eigenvalue weighted by Crippen LogP contribution is 2.25. The van der Waals surface area contributed by atoms with Gasteiger partial charge in [0.05, 0.1) is 0 Å². The second kappa shape index (κ2) is 9.12. The van der Waals surface area contributed by atoms with Crippen LogP contribution in [-0.2, 0) is 14.8 Å². The second-order valence-corrected chi connectivity index (χ2v) is 8.50. The molecular formula is C17H25ClFN3O3S. The van der Waals surface area contributed by atoms with E-state index in [1.54, 1.807) is 0 Å². The Bertz CT molecular complexity index is 735. The summed E-state index contributed by atoms with van der Waals surface area (Å²) in [7, 11) is -3.90. The van der Waals surface area contributed by atoms with E-state index in [-0.39, 0.29) is 24.4 Å². The highest BCUT2D eigenvalue weighted by atomic mass is 35.5. The van der Waals surface area contributed by atoms with Gasteiger partial charge in [-0.25, -0.2) is 17.5 Å². The summed E-state index contributed by atoms with van der Waals surface area (Å²) in [5, 5.41) is 5.96. The van der Waals surface area contributed by atoms with E-state index in [0.29, 0.717) is 18.0 Å². The van der Waals surface area contributed by atoms with Crippen molar-refractivity contribution in [3.8, 4) is 0 Å². The Morgan fingerprint density at radius 1 is 1.19 bits per heavy atom. The molecule has 1 aliphatic heterocycles. The first-order valence-electron chi connectivity index (χ1n) is 8.76. The van der Waals surface area contributed by atoms with E-state index in [1.807, 2.05) is 0 Å². The van der Waals surface area contributed by atoms with E-state index in [2.05, 4.69) is 15.4 Å². The fraction of sp³-hybridized carbons (Fsp3) is 0.588. The summed E-state index contributed by atoms with van der Waals surface area (Å²) in [6.45, 7) is 1.97. The number of benzene rings is 1. The van der Waals surface area contributed by atoms with Crippen molar-refractivity contribution in [1.29, 1.82) is 0 Å². The molecule has 3 N–H and O–H groups in total. The molecule has 1 saturated heterocycles. The molecule has 146 valence electrons. The van der Waals surface area contributed by atoms with Crippen molar-refractivity contribution in [1.82, 2.24) is 10.0 Å². The van der Waals surface area contributed by atoms with Crippen molar-refractivity contribution in [2.24, 2.45) is 5.92 Å². The Morgan fingerprint density at radius 2 is 1.88 bits per heavy atom. The van der Waals surface area contributed by atoms with Crippen molar-refractivity contribution in [3.63, 3.8) is 0 Å². The van der Waals surface area contributed by atoms with E-state index in [0.717, 1.165) is 51.3 Å². The molecule has 0 spiro atoms. The van der Waals surface area contributed by atoms with Gasteiger partial charge >= 0.3 is 0 Å². The monoisotopic (exact) mass is 405 g/mol. The molecule has 1 saturated carbocycles. The van der Waals surface area contributed by atoms with Crippen LogP contribution in [-0.4, -0.2) is 33.5 Å². The maximum atomic E-state index is 13.9. The standard InChI is InChI=1S/C17H24FN3O3S.ClH/c18-15-5-4-14(11-16(15)25(23,24)21-13-2-3-13)20-17(22)6-1-12-7-9-19-10-8-12;/h4-5,11-13,19,21H,1-3,6-10H2,(H,20,22);1H. The molecule has 26 heavy (non-hydrogen) atoms. The minimum atomic E-state index is -3.90. The normalized spacial score (nSPS) is 18.2. The Morgan fingerprint density at radius 3 is 2.54 bits per heavy atom. The van der Waals surface area contributed by atoms with Crippen LogP contribution in [0, 0.1) is 11.7 Å². The first-order chi connectivity index (χ1) is 11.9. The van der Waals surface area contributed by atoms with Crippen LogP contribution < -0.4 is 15.4 Å². The molecule has 0 aromatic heterocycles. The molecule has 1 aromatic rings. The highest BCUT2D eigenvalue weighted by Gasteiger charge is 2.29. The SMILES string of the molecule is Cl.O=C(CCC1CCNCC1)Nc1ccc(F)c(S(=O)(=O)NC2CC2)c1. The lowest BCUT2D eigenvalue weighted by molar-refractivity contribution is -0.116. The van der Waals surface area contributed by atoms with E-state index in [9.17, 15) is 17.6 Å². The number of carbonyl (C=O) groups is 1. The van der Waals surface area contributed by atoms with Crippen LogP contribution in [0.1, 0.15) is 38.5 Å². The Labute approximate surface area is 159 Å². The smallest absolute Gasteiger partial charge is 0.243 e. The molecule has 0 unspecified atom stereocenters. The number of piperidine rings is 1. The lowest BCUT2D eigenvalue weighted by atomic mass is 9.93. The van der Waals surface area contributed by atoms with Crippen molar-refractivity contribution < 1.29 is 17.6 Å². The number of halogens is 2. The molecule has 1 aliphatic carbocycles. The lowest BCUT2D eigenvalue weighted by Gasteiger charge is -2.22. The summed E-state index contributed by atoms with van der Waals surface area (Å²) in [5.41, 5.74) is 0.299. The van der Waals surface area contributed by atoms with Gasteiger partial charge in [0.1, 0.15) is 10.7 Å². The predicted octanol–water partition coefficient (Wildman–Crippen LogP) is 2.41. The van der Waals surface area contributed by atoms with Gasteiger partial charge < -0.3 is 10.6 Å². The minimum Gasteiger partial charge on any atom is -0.326 e. The quantitative estimate of drug-likeness (QED) is 0.650. The van der Waals surface area contributed by atoms with Gasteiger partial charge in [-0.3, -0.25) is 4.79 Å². The van der Waals surface area contributed by atoms with Crippen LogP contribution in [0.4, 0.5) is 10.1 Å². The minimum absolute atomic E-state index is 0. The topological polar surface area (TPSA) is 87.3 Å². The van der Waals surface area contributed by atoms with Gasteiger partial charge in [0.2, 0.25) is 15.9 Å². The van der Waals surface area contributed by atoms with Crippen LogP contribution >= 0.6 is 12.4 Å². The number of carbonyl (C=O) groups excluding carboxylic acids is 1. The molecule has 1 amide bonds. The zero-order valence-corrected chi connectivity index (χ0v) is 16.1. The van der Waals surface area contributed by atoms with Crippen LogP contribution in [0.5, 0.6) is 0 Å². The number of hydrogen-bond acceptors (Lipinski definition) is 4. The first kappa shape index (κ1) is 21.1. The Hall–Kier alpha value is -1.22. The summed E-state index contributed by atoms with van der Waals surface area (Å²) < 4.78 is 40.8. The average Bonchev–Trinajstić information content (AvgIpc) is 3.39. The molecule has 2 aliphatic rings. The fourth-order valence-corrected chi connectivity index (χ4v) is 4.41.